The molecule has 5 nitrogen and oxygen atoms in total. The molecule has 0 unspecified atom stereocenters. The van der Waals surface area contributed by atoms with Crippen LogP contribution in [0.5, 0.6) is 5.75 Å². The summed E-state index contributed by atoms with van der Waals surface area (Å²) in [7, 11) is 2.86. The number of fused-ring (bicyclic) bond motifs is 1. The first-order chi connectivity index (χ1) is 8.90. The Morgan fingerprint density at radius 3 is 2.63 bits per heavy atom. The molecule has 0 bridgehead atoms. The van der Waals surface area contributed by atoms with Crippen LogP contribution in [0.3, 0.4) is 0 Å². The van der Waals surface area contributed by atoms with Crippen LogP contribution in [0.2, 0.25) is 0 Å². The van der Waals surface area contributed by atoms with E-state index in [2.05, 4.69) is 5.32 Å². The van der Waals surface area contributed by atoms with Crippen LogP contribution in [0.4, 0.5) is 0 Å². The van der Waals surface area contributed by atoms with Crippen LogP contribution in [0.15, 0.2) is 12.1 Å². The first kappa shape index (κ1) is 13.4. The highest BCUT2D eigenvalue weighted by atomic mass is 16.5. The van der Waals surface area contributed by atoms with E-state index in [0.717, 1.165) is 5.56 Å². The average Bonchev–Trinajstić information content (AvgIpc) is 2.72. The van der Waals surface area contributed by atoms with Gasteiger partial charge in [0, 0.05) is 18.0 Å². The minimum absolute atomic E-state index is 0.234. The molecule has 102 valence electrons. The minimum atomic E-state index is -0.462. The summed E-state index contributed by atoms with van der Waals surface area (Å²) in [5, 5.41) is 2.55. The molecule has 1 aliphatic heterocycles. The first-order valence-electron chi connectivity index (χ1n) is 6.02. The largest absolute Gasteiger partial charge is 0.492 e. The normalized spacial score (nSPS) is 15.4. The summed E-state index contributed by atoms with van der Waals surface area (Å²) in [6, 6.07) is 3.24. The number of carbonyl (C=O) groups excluding carboxylic acids is 2. The van der Waals surface area contributed by atoms with Gasteiger partial charge in [-0.25, -0.2) is 4.79 Å². The Morgan fingerprint density at radius 1 is 1.37 bits per heavy atom. The van der Waals surface area contributed by atoms with Crippen molar-refractivity contribution in [2.24, 2.45) is 0 Å². The van der Waals surface area contributed by atoms with Crippen LogP contribution in [0, 0.1) is 0 Å². The molecule has 0 atom stereocenters. The number of hydrogen-bond acceptors (Lipinski definition) is 4. The van der Waals surface area contributed by atoms with E-state index in [-0.39, 0.29) is 11.3 Å². The van der Waals surface area contributed by atoms with Gasteiger partial charge in [-0.3, -0.25) is 4.79 Å². The van der Waals surface area contributed by atoms with E-state index >= 15 is 0 Å². The molecule has 0 saturated heterocycles. The summed E-state index contributed by atoms with van der Waals surface area (Å²) < 4.78 is 10.3. The van der Waals surface area contributed by atoms with E-state index in [1.165, 1.54) is 13.2 Å². The molecular weight excluding hydrogens is 246 g/mol. The van der Waals surface area contributed by atoms with Gasteiger partial charge in [0.25, 0.3) is 5.91 Å². The van der Waals surface area contributed by atoms with E-state index < -0.39 is 5.97 Å². The molecule has 0 fully saturated rings. The molecule has 2 rings (SSSR count). The van der Waals surface area contributed by atoms with E-state index in [1.54, 1.807) is 13.1 Å². The van der Waals surface area contributed by atoms with Crippen molar-refractivity contribution in [1.82, 2.24) is 5.32 Å². The molecule has 1 amide bonds. The fourth-order valence-corrected chi connectivity index (χ4v) is 2.16. The van der Waals surface area contributed by atoms with Crippen molar-refractivity contribution in [2.75, 3.05) is 20.8 Å². The summed E-state index contributed by atoms with van der Waals surface area (Å²) in [5.41, 5.74) is 1.35. The highest BCUT2D eigenvalue weighted by molar-refractivity contribution is 6.01. The molecule has 1 aromatic rings. The second-order valence-electron chi connectivity index (χ2n) is 5.14. The number of nitrogens with one attached hydrogen (secondary N) is 1. The fraction of sp³-hybridized carbons (Fsp3) is 0.429. The number of hydrogen-bond donors (Lipinski definition) is 1. The van der Waals surface area contributed by atoms with Crippen molar-refractivity contribution < 1.29 is 19.1 Å². The Hall–Kier alpha value is -2.04. The van der Waals surface area contributed by atoms with E-state index in [1.807, 2.05) is 13.8 Å². The van der Waals surface area contributed by atoms with E-state index in [9.17, 15) is 9.59 Å². The Bertz CT molecular complexity index is 549. The SMILES string of the molecule is CNC(=O)c1cc(C(=O)OC)cc2c1OCC2(C)C. The number of benzene rings is 1. The van der Waals surface area contributed by atoms with Gasteiger partial charge in [-0.1, -0.05) is 13.8 Å². The van der Waals surface area contributed by atoms with Crippen molar-refractivity contribution in [3.8, 4) is 5.75 Å². The Balaban J connectivity index is 2.65. The zero-order valence-electron chi connectivity index (χ0n) is 11.5. The summed E-state index contributed by atoms with van der Waals surface area (Å²) >= 11 is 0. The number of rotatable bonds is 2. The third-order valence-electron chi connectivity index (χ3n) is 3.29. The maximum absolute atomic E-state index is 11.9. The third kappa shape index (κ3) is 2.16. The molecule has 5 heteroatoms. The van der Waals surface area contributed by atoms with Crippen molar-refractivity contribution in [3.05, 3.63) is 28.8 Å². The average molecular weight is 263 g/mol. The maximum Gasteiger partial charge on any atom is 0.337 e. The predicted molar refractivity (Wildman–Crippen MR) is 69.7 cm³/mol. The Kier molecular flexibility index (Phi) is 3.22. The Labute approximate surface area is 111 Å². The monoisotopic (exact) mass is 263 g/mol. The van der Waals surface area contributed by atoms with Crippen molar-refractivity contribution in [2.45, 2.75) is 19.3 Å². The lowest BCUT2D eigenvalue weighted by Crippen LogP contribution is -2.20. The molecule has 0 aliphatic carbocycles. The van der Waals surface area contributed by atoms with E-state index in [0.29, 0.717) is 23.5 Å². The predicted octanol–water partition coefficient (Wildman–Crippen LogP) is 1.50. The molecule has 0 spiro atoms. The van der Waals surface area contributed by atoms with Gasteiger partial charge in [0.05, 0.1) is 24.8 Å². The summed E-state index contributed by atoms with van der Waals surface area (Å²) in [6.07, 6.45) is 0. The highest BCUT2D eigenvalue weighted by Crippen LogP contribution is 2.41. The van der Waals surface area contributed by atoms with Crippen LogP contribution >= 0.6 is 0 Å². The zero-order chi connectivity index (χ0) is 14.2. The lowest BCUT2D eigenvalue weighted by Gasteiger charge is -2.16. The molecular formula is C14H17NO4. The van der Waals surface area contributed by atoms with Crippen molar-refractivity contribution >= 4 is 11.9 Å². The summed E-state index contributed by atoms with van der Waals surface area (Å²) in [6.45, 7) is 4.50. The minimum Gasteiger partial charge on any atom is -0.492 e. The summed E-state index contributed by atoms with van der Waals surface area (Å²) in [5.74, 6) is -0.188. The van der Waals surface area contributed by atoms with Crippen LogP contribution in [-0.4, -0.2) is 32.6 Å². The van der Waals surface area contributed by atoms with Gasteiger partial charge in [0.1, 0.15) is 5.75 Å². The maximum atomic E-state index is 11.9. The number of methoxy groups -OCH3 is 1. The molecule has 1 aliphatic rings. The third-order valence-corrected chi connectivity index (χ3v) is 3.29. The fourth-order valence-electron chi connectivity index (χ4n) is 2.16. The number of esters is 1. The van der Waals surface area contributed by atoms with Gasteiger partial charge in [-0.2, -0.15) is 0 Å². The summed E-state index contributed by atoms with van der Waals surface area (Å²) in [4.78, 5) is 23.6. The van der Waals surface area contributed by atoms with Crippen molar-refractivity contribution in [1.29, 1.82) is 0 Å². The number of carbonyl (C=O) groups is 2. The van der Waals surface area contributed by atoms with Gasteiger partial charge in [-0.05, 0) is 12.1 Å². The lowest BCUT2D eigenvalue weighted by molar-refractivity contribution is 0.0600. The van der Waals surface area contributed by atoms with Gasteiger partial charge in [0.15, 0.2) is 0 Å². The lowest BCUT2D eigenvalue weighted by atomic mass is 9.85. The second kappa shape index (κ2) is 4.57. The molecule has 0 radical (unpaired) electrons. The van der Waals surface area contributed by atoms with Crippen LogP contribution in [0.1, 0.15) is 40.1 Å². The second-order valence-corrected chi connectivity index (χ2v) is 5.14. The zero-order valence-corrected chi connectivity index (χ0v) is 11.5. The number of ether oxygens (including phenoxy) is 2. The molecule has 1 N–H and O–H groups in total. The Morgan fingerprint density at radius 2 is 2.05 bits per heavy atom. The van der Waals surface area contributed by atoms with Crippen LogP contribution in [-0.2, 0) is 10.2 Å². The van der Waals surface area contributed by atoms with Crippen molar-refractivity contribution in [3.63, 3.8) is 0 Å². The first-order valence-corrected chi connectivity index (χ1v) is 6.02. The standard InChI is InChI=1S/C14H17NO4/c1-14(2)7-19-11-9(12(16)15-3)5-8(6-10(11)14)13(17)18-4/h5-6H,7H2,1-4H3,(H,15,16). The topological polar surface area (TPSA) is 64.6 Å². The van der Waals surface area contributed by atoms with Gasteiger partial charge in [0.2, 0.25) is 0 Å². The molecule has 0 aromatic heterocycles. The van der Waals surface area contributed by atoms with Crippen LogP contribution in [0.25, 0.3) is 0 Å². The molecule has 1 heterocycles. The highest BCUT2D eigenvalue weighted by Gasteiger charge is 2.36. The number of amides is 1. The molecule has 19 heavy (non-hydrogen) atoms. The quantitative estimate of drug-likeness (QED) is 0.821. The van der Waals surface area contributed by atoms with Gasteiger partial charge < -0.3 is 14.8 Å². The molecule has 1 aromatic carbocycles. The van der Waals surface area contributed by atoms with Gasteiger partial charge >= 0.3 is 5.97 Å². The van der Waals surface area contributed by atoms with Crippen LogP contribution < -0.4 is 10.1 Å². The molecule has 0 saturated carbocycles. The van der Waals surface area contributed by atoms with E-state index in [4.69, 9.17) is 9.47 Å². The van der Waals surface area contributed by atoms with Gasteiger partial charge in [-0.15, -0.1) is 0 Å². The smallest absolute Gasteiger partial charge is 0.337 e.